The highest BCUT2D eigenvalue weighted by Crippen LogP contribution is 2.32. The lowest BCUT2D eigenvalue weighted by molar-refractivity contribution is 0.0933. The predicted octanol–water partition coefficient (Wildman–Crippen LogP) is 1.80. The van der Waals surface area contributed by atoms with Gasteiger partial charge in [0.15, 0.2) is 11.5 Å². The van der Waals surface area contributed by atoms with Gasteiger partial charge in [-0.2, -0.15) is 0 Å². The zero-order valence-corrected chi connectivity index (χ0v) is 12.8. The molecule has 1 atom stereocenters. The Labute approximate surface area is 133 Å². The van der Waals surface area contributed by atoms with E-state index in [-0.39, 0.29) is 18.7 Å². The van der Waals surface area contributed by atoms with Crippen molar-refractivity contribution in [3.8, 4) is 11.5 Å². The Hall–Kier alpha value is -2.63. The van der Waals surface area contributed by atoms with Gasteiger partial charge in [-0.05, 0) is 49.9 Å². The number of hydrogen-bond acceptors (Lipinski definition) is 5. The standard InChI is InChI=1S/C17H17N3O3/c1-10-18-8-12-6-13(3-4-14(12)19-10)20-17(21)11-2-5-15-16(7-11)23-9-22-15/h2,5,7-8,13H,3-4,6,9H2,1H3,(H,20,21)/t13-/m1/s1. The van der Waals surface area contributed by atoms with E-state index in [4.69, 9.17) is 9.47 Å². The van der Waals surface area contributed by atoms with Crippen molar-refractivity contribution in [1.82, 2.24) is 15.3 Å². The number of amides is 1. The fraction of sp³-hybridized carbons (Fsp3) is 0.353. The van der Waals surface area contributed by atoms with Crippen molar-refractivity contribution in [1.29, 1.82) is 0 Å². The number of carbonyl (C=O) groups is 1. The van der Waals surface area contributed by atoms with Gasteiger partial charge in [0, 0.05) is 23.5 Å². The van der Waals surface area contributed by atoms with Crippen LogP contribution in [0.3, 0.4) is 0 Å². The predicted molar refractivity (Wildman–Crippen MR) is 82.6 cm³/mol. The molecule has 1 amide bonds. The summed E-state index contributed by atoms with van der Waals surface area (Å²) < 4.78 is 10.6. The molecule has 0 fully saturated rings. The minimum absolute atomic E-state index is 0.0928. The zero-order chi connectivity index (χ0) is 15.8. The molecule has 23 heavy (non-hydrogen) atoms. The summed E-state index contributed by atoms with van der Waals surface area (Å²) in [4.78, 5) is 21.2. The van der Waals surface area contributed by atoms with Crippen molar-refractivity contribution in [2.75, 3.05) is 6.79 Å². The molecule has 0 saturated carbocycles. The van der Waals surface area contributed by atoms with Crippen LogP contribution in [0.25, 0.3) is 0 Å². The van der Waals surface area contributed by atoms with Gasteiger partial charge in [0.1, 0.15) is 5.82 Å². The molecule has 0 spiro atoms. The van der Waals surface area contributed by atoms with Crippen molar-refractivity contribution < 1.29 is 14.3 Å². The summed E-state index contributed by atoms with van der Waals surface area (Å²) in [6.07, 6.45) is 4.40. The van der Waals surface area contributed by atoms with E-state index in [0.717, 1.165) is 36.3 Å². The number of benzene rings is 1. The van der Waals surface area contributed by atoms with Gasteiger partial charge in [-0.15, -0.1) is 0 Å². The second-order valence-electron chi connectivity index (χ2n) is 5.87. The summed E-state index contributed by atoms with van der Waals surface area (Å²) >= 11 is 0. The summed E-state index contributed by atoms with van der Waals surface area (Å²) in [5, 5.41) is 3.09. The van der Waals surface area contributed by atoms with Crippen molar-refractivity contribution in [3.05, 3.63) is 47.0 Å². The first-order chi connectivity index (χ1) is 11.2. The van der Waals surface area contributed by atoms with Crippen LogP contribution in [0.5, 0.6) is 11.5 Å². The molecule has 2 heterocycles. The van der Waals surface area contributed by atoms with E-state index >= 15 is 0 Å². The number of aryl methyl sites for hydroxylation is 2. The summed E-state index contributed by atoms with van der Waals surface area (Å²) in [5.41, 5.74) is 2.81. The van der Waals surface area contributed by atoms with E-state index in [9.17, 15) is 4.79 Å². The minimum atomic E-state index is -0.0928. The molecule has 0 unspecified atom stereocenters. The molecule has 118 valence electrons. The van der Waals surface area contributed by atoms with Crippen LogP contribution in [0.15, 0.2) is 24.4 Å². The first-order valence-electron chi connectivity index (χ1n) is 7.71. The first-order valence-corrected chi connectivity index (χ1v) is 7.71. The maximum absolute atomic E-state index is 12.4. The third-order valence-electron chi connectivity index (χ3n) is 4.24. The van der Waals surface area contributed by atoms with Crippen LogP contribution in [0.2, 0.25) is 0 Å². The van der Waals surface area contributed by atoms with Crippen molar-refractivity contribution in [2.45, 2.75) is 32.2 Å². The topological polar surface area (TPSA) is 73.3 Å². The number of hydrogen-bond donors (Lipinski definition) is 1. The Balaban J connectivity index is 1.46. The highest BCUT2D eigenvalue weighted by molar-refractivity contribution is 5.95. The molecule has 2 aliphatic rings. The maximum Gasteiger partial charge on any atom is 0.251 e. The van der Waals surface area contributed by atoms with Crippen LogP contribution < -0.4 is 14.8 Å². The molecule has 2 aromatic rings. The lowest BCUT2D eigenvalue weighted by atomic mass is 9.92. The SMILES string of the molecule is Cc1ncc2c(n1)CC[C@@H](NC(=O)c1ccc3c(c1)OCO3)C2. The third kappa shape index (κ3) is 2.72. The number of nitrogens with one attached hydrogen (secondary N) is 1. The lowest BCUT2D eigenvalue weighted by Gasteiger charge is -2.24. The van der Waals surface area contributed by atoms with Crippen molar-refractivity contribution >= 4 is 5.91 Å². The maximum atomic E-state index is 12.4. The number of ether oxygens (including phenoxy) is 2. The van der Waals surface area contributed by atoms with E-state index in [1.165, 1.54) is 0 Å². The van der Waals surface area contributed by atoms with Gasteiger partial charge in [0.05, 0.1) is 0 Å². The van der Waals surface area contributed by atoms with E-state index in [1.807, 2.05) is 13.1 Å². The Kier molecular flexibility index (Phi) is 3.37. The fourth-order valence-electron chi connectivity index (χ4n) is 3.04. The summed E-state index contributed by atoms with van der Waals surface area (Å²) in [6.45, 7) is 2.10. The van der Waals surface area contributed by atoms with E-state index in [1.54, 1.807) is 18.2 Å². The number of fused-ring (bicyclic) bond motifs is 2. The van der Waals surface area contributed by atoms with Crippen LogP contribution in [0, 0.1) is 6.92 Å². The molecule has 1 aromatic heterocycles. The summed E-state index contributed by atoms with van der Waals surface area (Å²) in [7, 11) is 0. The number of rotatable bonds is 2. The number of carbonyl (C=O) groups excluding carboxylic acids is 1. The van der Waals surface area contributed by atoms with Gasteiger partial charge in [-0.1, -0.05) is 0 Å². The number of aromatic nitrogens is 2. The fourth-order valence-corrected chi connectivity index (χ4v) is 3.04. The van der Waals surface area contributed by atoms with Crippen molar-refractivity contribution in [3.63, 3.8) is 0 Å². The first kappa shape index (κ1) is 14.0. The van der Waals surface area contributed by atoms with Gasteiger partial charge >= 0.3 is 0 Å². The molecule has 0 bridgehead atoms. The van der Waals surface area contributed by atoms with Crippen LogP contribution in [-0.2, 0) is 12.8 Å². The van der Waals surface area contributed by atoms with Crippen LogP contribution >= 0.6 is 0 Å². The molecular formula is C17H17N3O3. The monoisotopic (exact) mass is 311 g/mol. The van der Waals surface area contributed by atoms with Gasteiger partial charge in [-0.3, -0.25) is 4.79 Å². The summed E-state index contributed by atoms with van der Waals surface area (Å²) in [6, 6.07) is 5.35. The Bertz CT molecular complexity index is 776. The molecule has 1 aliphatic carbocycles. The molecule has 0 radical (unpaired) electrons. The van der Waals surface area contributed by atoms with Crippen LogP contribution in [-0.4, -0.2) is 28.7 Å². The Morgan fingerprint density at radius 3 is 3.09 bits per heavy atom. The van der Waals surface area contributed by atoms with Crippen LogP contribution in [0.1, 0.15) is 33.9 Å². The van der Waals surface area contributed by atoms with Crippen molar-refractivity contribution in [2.24, 2.45) is 0 Å². The van der Waals surface area contributed by atoms with E-state index < -0.39 is 0 Å². The van der Waals surface area contributed by atoms with Crippen LogP contribution in [0.4, 0.5) is 0 Å². The Morgan fingerprint density at radius 1 is 1.30 bits per heavy atom. The van der Waals surface area contributed by atoms with E-state index in [2.05, 4.69) is 15.3 Å². The average Bonchev–Trinajstić information content (AvgIpc) is 3.02. The quantitative estimate of drug-likeness (QED) is 0.915. The molecule has 1 N–H and O–H groups in total. The highest BCUT2D eigenvalue weighted by atomic mass is 16.7. The molecule has 6 heteroatoms. The second kappa shape index (κ2) is 5.53. The van der Waals surface area contributed by atoms with Gasteiger partial charge in [-0.25, -0.2) is 9.97 Å². The second-order valence-corrected chi connectivity index (χ2v) is 5.87. The smallest absolute Gasteiger partial charge is 0.251 e. The average molecular weight is 311 g/mol. The van der Waals surface area contributed by atoms with Gasteiger partial charge < -0.3 is 14.8 Å². The minimum Gasteiger partial charge on any atom is -0.454 e. The molecule has 6 nitrogen and oxygen atoms in total. The zero-order valence-electron chi connectivity index (χ0n) is 12.8. The normalized spacial score (nSPS) is 18.4. The molecule has 4 rings (SSSR count). The summed E-state index contributed by atoms with van der Waals surface area (Å²) in [5.74, 6) is 2.01. The highest BCUT2D eigenvalue weighted by Gasteiger charge is 2.23. The third-order valence-corrected chi connectivity index (χ3v) is 4.24. The molecule has 1 aromatic carbocycles. The molecular weight excluding hydrogens is 294 g/mol. The number of nitrogens with zero attached hydrogens (tertiary/aromatic N) is 2. The van der Waals surface area contributed by atoms with Gasteiger partial charge in [0.2, 0.25) is 6.79 Å². The molecule has 0 saturated heterocycles. The Morgan fingerprint density at radius 2 is 2.17 bits per heavy atom. The lowest BCUT2D eigenvalue weighted by Crippen LogP contribution is -2.39. The van der Waals surface area contributed by atoms with E-state index in [0.29, 0.717) is 17.1 Å². The van der Waals surface area contributed by atoms with Gasteiger partial charge in [0.25, 0.3) is 5.91 Å². The largest absolute Gasteiger partial charge is 0.454 e. The molecule has 1 aliphatic heterocycles.